The van der Waals surface area contributed by atoms with Gasteiger partial charge >= 0.3 is 0 Å². The second-order valence-corrected chi connectivity index (χ2v) is 9.59. The lowest BCUT2D eigenvalue weighted by Crippen LogP contribution is -2.14. The van der Waals surface area contributed by atoms with Crippen LogP contribution in [0.15, 0.2) is 102 Å². The maximum absolute atomic E-state index is 13.1. The Morgan fingerprint density at radius 2 is 1.59 bits per heavy atom. The Labute approximate surface area is 200 Å². The molecule has 0 aliphatic heterocycles. The maximum Gasteiger partial charge on any atom is 0.263 e. The number of benzene rings is 3. The van der Waals surface area contributed by atoms with Gasteiger partial charge in [0.1, 0.15) is 0 Å². The van der Waals surface area contributed by atoms with Crippen LogP contribution in [-0.2, 0) is 34.5 Å². The van der Waals surface area contributed by atoms with Crippen LogP contribution >= 0.6 is 0 Å². The van der Waals surface area contributed by atoms with Crippen LogP contribution in [0.5, 0.6) is 0 Å². The van der Waals surface area contributed by atoms with Gasteiger partial charge in [-0.15, -0.1) is 6.58 Å². The summed E-state index contributed by atoms with van der Waals surface area (Å²) in [5.74, 6) is 0.257. The molecule has 0 fully saturated rings. The molecule has 0 aliphatic rings. The average Bonchev–Trinajstić information content (AvgIpc) is 3.17. The molecule has 6 nitrogen and oxygen atoms in total. The predicted molar refractivity (Wildman–Crippen MR) is 135 cm³/mol. The van der Waals surface area contributed by atoms with Crippen molar-refractivity contribution in [3.8, 4) is 11.1 Å². The second-order valence-electron chi connectivity index (χ2n) is 7.90. The number of aryl methyl sites for hydroxylation is 1. The fraction of sp³-hybridized carbons (Fsp3) is 0.148. The summed E-state index contributed by atoms with van der Waals surface area (Å²) in [6, 6.07) is 26.1. The molecule has 4 aromatic rings. The van der Waals surface area contributed by atoms with Crippen molar-refractivity contribution in [3.05, 3.63) is 114 Å². The minimum atomic E-state index is -3.83. The first kappa shape index (κ1) is 23.5. The number of nitrogens with zero attached hydrogens (tertiary/aromatic N) is 2. The maximum atomic E-state index is 13.1. The molecule has 0 atom stereocenters. The molecule has 3 aromatic carbocycles. The summed E-state index contributed by atoms with van der Waals surface area (Å²) < 4.78 is 36.7. The molecular weight excluding hydrogens is 446 g/mol. The van der Waals surface area contributed by atoms with Gasteiger partial charge in [-0.1, -0.05) is 84.4 Å². The summed E-state index contributed by atoms with van der Waals surface area (Å²) in [5, 5.41) is 4.61. The summed E-state index contributed by atoms with van der Waals surface area (Å²) in [5.41, 5.74) is 4.47. The Hall–Kier alpha value is -3.68. The van der Waals surface area contributed by atoms with Gasteiger partial charge in [0.15, 0.2) is 5.82 Å². The Kier molecular flexibility index (Phi) is 7.25. The summed E-state index contributed by atoms with van der Waals surface area (Å²) in [4.78, 5) is 0.171. The van der Waals surface area contributed by atoms with Gasteiger partial charge in [0, 0.05) is 0 Å². The standard InChI is InChI=1S/C27H27N3O3S/c1-3-18-30-25(20-33-19-22-10-6-4-7-11-22)26(23-16-14-21(2)15-17-23)27(28-30)29-34(31,32)24-12-8-5-9-13-24/h3-17H,1,18-20H2,2H3,(H,28,29). The molecular formula is C27H27N3O3S. The molecule has 0 saturated heterocycles. The van der Waals surface area contributed by atoms with E-state index in [2.05, 4.69) is 16.4 Å². The minimum Gasteiger partial charge on any atom is -0.370 e. The number of hydrogen-bond acceptors (Lipinski definition) is 4. The third-order valence-electron chi connectivity index (χ3n) is 5.33. The zero-order valence-electron chi connectivity index (χ0n) is 19.0. The third-order valence-corrected chi connectivity index (χ3v) is 6.69. The van der Waals surface area contributed by atoms with Crippen molar-refractivity contribution in [1.82, 2.24) is 9.78 Å². The van der Waals surface area contributed by atoms with Crippen molar-refractivity contribution in [3.63, 3.8) is 0 Å². The monoisotopic (exact) mass is 473 g/mol. The first-order chi connectivity index (χ1) is 16.5. The zero-order valence-corrected chi connectivity index (χ0v) is 19.8. The largest absolute Gasteiger partial charge is 0.370 e. The Morgan fingerprint density at radius 1 is 0.941 bits per heavy atom. The van der Waals surface area contributed by atoms with Crippen molar-refractivity contribution in [2.45, 2.75) is 31.6 Å². The van der Waals surface area contributed by atoms with Gasteiger partial charge in [-0.2, -0.15) is 5.10 Å². The fourth-order valence-electron chi connectivity index (χ4n) is 3.64. The van der Waals surface area contributed by atoms with Gasteiger partial charge in [-0.25, -0.2) is 8.42 Å². The first-order valence-electron chi connectivity index (χ1n) is 10.9. The van der Waals surface area contributed by atoms with Crippen LogP contribution in [0.1, 0.15) is 16.8 Å². The molecule has 0 radical (unpaired) electrons. The van der Waals surface area contributed by atoms with E-state index < -0.39 is 10.0 Å². The van der Waals surface area contributed by atoms with Crippen molar-refractivity contribution in [1.29, 1.82) is 0 Å². The molecule has 0 aliphatic carbocycles. The summed E-state index contributed by atoms with van der Waals surface area (Å²) in [7, 11) is -3.83. The lowest BCUT2D eigenvalue weighted by atomic mass is 10.0. The molecule has 0 saturated carbocycles. The van der Waals surface area contributed by atoms with Crippen LogP contribution in [-0.4, -0.2) is 18.2 Å². The van der Waals surface area contributed by atoms with Gasteiger partial charge in [0.25, 0.3) is 10.0 Å². The number of ether oxygens (including phenoxy) is 1. The molecule has 0 unspecified atom stereocenters. The quantitative estimate of drug-likeness (QED) is 0.306. The summed E-state index contributed by atoms with van der Waals surface area (Å²) in [6.45, 7) is 6.94. The molecule has 1 N–H and O–H groups in total. The van der Waals surface area contributed by atoms with Crippen LogP contribution in [0, 0.1) is 6.92 Å². The number of allylic oxidation sites excluding steroid dienone is 1. The number of anilines is 1. The van der Waals surface area contributed by atoms with E-state index in [4.69, 9.17) is 4.74 Å². The number of rotatable bonds is 10. The van der Waals surface area contributed by atoms with Crippen molar-refractivity contribution < 1.29 is 13.2 Å². The van der Waals surface area contributed by atoms with Crippen molar-refractivity contribution in [2.24, 2.45) is 0 Å². The highest BCUT2D eigenvalue weighted by molar-refractivity contribution is 7.92. The number of nitrogens with one attached hydrogen (secondary N) is 1. The Balaban J connectivity index is 1.74. The van der Waals surface area contributed by atoms with Crippen molar-refractivity contribution >= 4 is 15.8 Å². The predicted octanol–water partition coefficient (Wildman–Crippen LogP) is 5.56. The molecule has 1 aromatic heterocycles. The Morgan fingerprint density at radius 3 is 2.24 bits per heavy atom. The molecule has 7 heteroatoms. The Bertz CT molecular complexity index is 1350. The van der Waals surface area contributed by atoms with Crippen LogP contribution < -0.4 is 4.72 Å². The highest BCUT2D eigenvalue weighted by Gasteiger charge is 2.24. The summed E-state index contributed by atoms with van der Waals surface area (Å²) in [6.07, 6.45) is 1.72. The van der Waals surface area contributed by atoms with Gasteiger partial charge in [0.05, 0.1) is 35.9 Å². The van der Waals surface area contributed by atoms with Crippen LogP contribution in [0.2, 0.25) is 0 Å². The van der Waals surface area contributed by atoms with E-state index >= 15 is 0 Å². The molecule has 0 bridgehead atoms. The van der Waals surface area contributed by atoms with E-state index in [9.17, 15) is 8.42 Å². The van der Waals surface area contributed by atoms with Crippen LogP contribution in [0.3, 0.4) is 0 Å². The van der Waals surface area contributed by atoms with E-state index in [0.29, 0.717) is 18.7 Å². The molecule has 0 amide bonds. The van der Waals surface area contributed by atoms with Gasteiger partial charge in [0.2, 0.25) is 0 Å². The SMILES string of the molecule is C=CCn1nc(NS(=O)(=O)c2ccccc2)c(-c2ccc(C)cc2)c1COCc1ccccc1. The van der Waals surface area contributed by atoms with Crippen LogP contribution in [0.4, 0.5) is 5.82 Å². The highest BCUT2D eigenvalue weighted by Crippen LogP contribution is 2.34. The van der Waals surface area contributed by atoms with E-state index in [1.807, 2.05) is 61.5 Å². The summed E-state index contributed by atoms with van der Waals surface area (Å²) >= 11 is 0. The van der Waals surface area contributed by atoms with Gasteiger partial charge < -0.3 is 4.74 Å². The molecule has 0 spiro atoms. The normalized spacial score (nSPS) is 11.3. The number of aromatic nitrogens is 2. The molecule has 1 heterocycles. The molecule has 174 valence electrons. The lowest BCUT2D eigenvalue weighted by Gasteiger charge is -2.11. The van der Waals surface area contributed by atoms with E-state index in [1.54, 1.807) is 41.1 Å². The van der Waals surface area contributed by atoms with E-state index in [-0.39, 0.29) is 17.3 Å². The van der Waals surface area contributed by atoms with Crippen LogP contribution in [0.25, 0.3) is 11.1 Å². The van der Waals surface area contributed by atoms with E-state index in [1.165, 1.54) is 0 Å². The average molecular weight is 474 g/mol. The highest BCUT2D eigenvalue weighted by atomic mass is 32.2. The minimum absolute atomic E-state index is 0.171. The topological polar surface area (TPSA) is 73.2 Å². The molecule has 4 rings (SSSR count). The molecule has 34 heavy (non-hydrogen) atoms. The number of hydrogen-bond donors (Lipinski definition) is 1. The fourth-order valence-corrected chi connectivity index (χ4v) is 4.67. The smallest absolute Gasteiger partial charge is 0.263 e. The van der Waals surface area contributed by atoms with Gasteiger partial charge in [-0.3, -0.25) is 9.40 Å². The third kappa shape index (κ3) is 5.44. The lowest BCUT2D eigenvalue weighted by molar-refractivity contribution is 0.102. The zero-order chi connectivity index (χ0) is 24.0. The first-order valence-corrected chi connectivity index (χ1v) is 12.4. The van der Waals surface area contributed by atoms with Gasteiger partial charge in [-0.05, 0) is 30.2 Å². The second kappa shape index (κ2) is 10.5. The van der Waals surface area contributed by atoms with E-state index in [0.717, 1.165) is 22.4 Å². The van der Waals surface area contributed by atoms with Crippen molar-refractivity contribution in [2.75, 3.05) is 4.72 Å². The number of sulfonamides is 1.